The van der Waals surface area contributed by atoms with Gasteiger partial charge in [0.1, 0.15) is 4.90 Å². The second kappa shape index (κ2) is 6.19. The molecule has 1 saturated heterocycles. The lowest BCUT2D eigenvalue weighted by atomic mass is 9.81. The first-order valence-electron chi connectivity index (χ1n) is 7.95. The van der Waals surface area contributed by atoms with Crippen molar-refractivity contribution in [1.29, 1.82) is 0 Å². The topological polar surface area (TPSA) is 71.1 Å². The molecule has 0 unspecified atom stereocenters. The van der Waals surface area contributed by atoms with Crippen LogP contribution in [0.2, 0.25) is 0 Å². The van der Waals surface area contributed by atoms with E-state index in [1.807, 2.05) is 19.1 Å². The molecule has 2 aromatic rings. The van der Waals surface area contributed by atoms with Crippen LogP contribution in [-0.4, -0.2) is 33.0 Å². The maximum atomic E-state index is 12.7. The zero-order valence-electron chi connectivity index (χ0n) is 13.6. The van der Waals surface area contributed by atoms with E-state index in [9.17, 15) is 8.42 Å². The zero-order valence-corrected chi connectivity index (χ0v) is 14.4. The highest BCUT2D eigenvalue weighted by Crippen LogP contribution is 2.28. The molecule has 124 valence electrons. The summed E-state index contributed by atoms with van der Waals surface area (Å²) in [6.07, 6.45) is 3.65. The molecular formula is C17H23N3O2S. The number of nitrogens with zero attached hydrogens (tertiary/aromatic N) is 1. The van der Waals surface area contributed by atoms with Gasteiger partial charge in [0.05, 0.1) is 5.52 Å². The van der Waals surface area contributed by atoms with Crippen LogP contribution in [0.4, 0.5) is 0 Å². The number of pyridine rings is 1. The average Bonchev–Trinajstić information content (AvgIpc) is 2.53. The third-order valence-corrected chi connectivity index (χ3v) is 6.03. The molecule has 0 saturated carbocycles. The van der Waals surface area contributed by atoms with Gasteiger partial charge in [-0.25, -0.2) is 13.1 Å². The molecule has 0 bridgehead atoms. The molecule has 0 radical (unpaired) electrons. The molecule has 2 N–H and O–H groups in total. The van der Waals surface area contributed by atoms with Gasteiger partial charge >= 0.3 is 0 Å². The largest absolute Gasteiger partial charge is 0.317 e. The average molecular weight is 333 g/mol. The van der Waals surface area contributed by atoms with Crippen LogP contribution < -0.4 is 10.0 Å². The van der Waals surface area contributed by atoms with E-state index in [2.05, 4.69) is 21.9 Å². The van der Waals surface area contributed by atoms with Crippen molar-refractivity contribution in [1.82, 2.24) is 15.0 Å². The molecule has 1 aromatic carbocycles. The number of aromatic nitrogens is 1. The quantitative estimate of drug-likeness (QED) is 0.900. The highest BCUT2D eigenvalue weighted by Gasteiger charge is 2.29. The van der Waals surface area contributed by atoms with E-state index in [1.54, 1.807) is 18.3 Å². The van der Waals surface area contributed by atoms with Crippen LogP contribution in [0, 0.1) is 12.3 Å². The summed E-state index contributed by atoms with van der Waals surface area (Å²) in [5.74, 6) is 0. The van der Waals surface area contributed by atoms with Crippen LogP contribution in [-0.2, 0) is 10.0 Å². The number of hydrogen-bond donors (Lipinski definition) is 2. The standard InChI is InChI=1S/C17H23N3O2S/c1-13-10-14-4-3-5-15(16(14)19-11-13)23(21,22)20-12-17(2)6-8-18-9-7-17/h3-5,10-11,18,20H,6-9,12H2,1-2H3. The Balaban J connectivity index is 1.88. The van der Waals surface area contributed by atoms with Crippen LogP contribution in [0.3, 0.4) is 0 Å². The van der Waals surface area contributed by atoms with E-state index in [0.29, 0.717) is 12.1 Å². The lowest BCUT2D eigenvalue weighted by Gasteiger charge is -2.34. The first-order chi connectivity index (χ1) is 10.9. The fourth-order valence-electron chi connectivity index (χ4n) is 3.01. The summed E-state index contributed by atoms with van der Waals surface area (Å²) in [4.78, 5) is 4.59. The number of hydrogen-bond acceptors (Lipinski definition) is 4. The predicted molar refractivity (Wildman–Crippen MR) is 91.9 cm³/mol. The summed E-state index contributed by atoms with van der Waals surface area (Å²) in [5, 5.41) is 4.16. The summed E-state index contributed by atoms with van der Waals surface area (Å²) >= 11 is 0. The van der Waals surface area contributed by atoms with Crippen LogP contribution in [0.15, 0.2) is 35.4 Å². The van der Waals surface area contributed by atoms with E-state index in [0.717, 1.165) is 36.9 Å². The second-order valence-electron chi connectivity index (χ2n) is 6.73. The van der Waals surface area contributed by atoms with Gasteiger partial charge in [-0.15, -0.1) is 0 Å². The van der Waals surface area contributed by atoms with Gasteiger partial charge in [-0.05, 0) is 56.0 Å². The van der Waals surface area contributed by atoms with Crippen molar-refractivity contribution in [3.8, 4) is 0 Å². The normalized spacial score (nSPS) is 18.2. The Kier molecular flexibility index (Phi) is 4.40. The van der Waals surface area contributed by atoms with Crippen molar-refractivity contribution in [3.63, 3.8) is 0 Å². The fraction of sp³-hybridized carbons (Fsp3) is 0.471. The van der Waals surface area contributed by atoms with Gasteiger partial charge in [0.25, 0.3) is 0 Å². The predicted octanol–water partition coefficient (Wildman–Crippen LogP) is 2.21. The molecule has 5 nitrogen and oxygen atoms in total. The summed E-state index contributed by atoms with van der Waals surface area (Å²) in [5.41, 5.74) is 1.55. The number of para-hydroxylation sites is 1. The monoisotopic (exact) mass is 333 g/mol. The number of benzene rings is 1. The van der Waals surface area contributed by atoms with Crippen LogP contribution in [0.5, 0.6) is 0 Å². The molecule has 23 heavy (non-hydrogen) atoms. The molecule has 1 aliphatic rings. The van der Waals surface area contributed by atoms with Gasteiger partial charge in [-0.3, -0.25) is 4.98 Å². The summed E-state index contributed by atoms with van der Waals surface area (Å²) in [7, 11) is -3.57. The highest BCUT2D eigenvalue weighted by molar-refractivity contribution is 7.89. The lowest BCUT2D eigenvalue weighted by molar-refractivity contribution is 0.232. The number of rotatable bonds is 4. The van der Waals surface area contributed by atoms with Crippen molar-refractivity contribution < 1.29 is 8.42 Å². The molecular weight excluding hydrogens is 310 g/mol. The van der Waals surface area contributed by atoms with Gasteiger partial charge in [0.2, 0.25) is 10.0 Å². The molecule has 0 atom stereocenters. The van der Waals surface area contributed by atoms with Crippen molar-refractivity contribution in [2.24, 2.45) is 5.41 Å². The summed E-state index contributed by atoms with van der Waals surface area (Å²) < 4.78 is 28.3. The maximum Gasteiger partial charge on any atom is 0.242 e. The van der Waals surface area contributed by atoms with Gasteiger partial charge < -0.3 is 5.32 Å². The number of nitrogens with one attached hydrogen (secondary N) is 2. The Bertz CT molecular complexity index is 812. The van der Waals surface area contributed by atoms with Gasteiger partial charge in [-0.2, -0.15) is 0 Å². The minimum atomic E-state index is -3.57. The van der Waals surface area contributed by atoms with Crippen LogP contribution in [0.25, 0.3) is 10.9 Å². The summed E-state index contributed by atoms with van der Waals surface area (Å²) in [6, 6.07) is 7.24. The van der Waals surface area contributed by atoms with Crippen molar-refractivity contribution >= 4 is 20.9 Å². The van der Waals surface area contributed by atoms with E-state index in [4.69, 9.17) is 0 Å². The number of piperidine rings is 1. The molecule has 0 amide bonds. The van der Waals surface area contributed by atoms with Crippen LogP contribution >= 0.6 is 0 Å². The van der Waals surface area contributed by atoms with E-state index in [-0.39, 0.29) is 10.3 Å². The molecule has 1 aromatic heterocycles. The van der Waals surface area contributed by atoms with Crippen molar-refractivity contribution in [2.75, 3.05) is 19.6 Å². The molecule has 1 aliphatic heterocycles. The molecule has 6 heteroatoms. The van der Waals surface area contributed by atoms with Crippen LogP contribution in [0.1, 0.15) is 25.3 Å². The van der Waals surface area contributed by atoms with Gasteiger partial charge in [-0.1, -0.05) is 19.1 Å². The van der Waals surface area contributed by atoms with E-state index >= 15 is 0 Å². The van der Waals surface area contributed by atoms with Gasteiger partial charge in [0.15, 0.2) is 0 Å². The summed E-state index contributed by atoms with van der Waals surface area (Å²) in [6.45, 7) is 6.42. The van der Waals surface area contributed by atoms with E-state index in [1.165, 1.54) is 0 Å². The second-order valence-corrected chi connectivity index (χ2v) is 8.46. The van der Waals surface area contributed by atoms with Crippen molar-refractivity contribution in [2.45, 2.75) is 31.6 Å². The molecule has 1 fully saturated rings. The highest BCUT2D eigenvalue weighted by atomic mass is 32.2. The first kappa shape index (κ1) is 16.4. The molecule has 2 heterocycles. The molecule has 3 rings (SSSR count). The molecule has 0 aliphatic carbocycles. The fourth-order valence-corrected chi connectivity index (χ4v) is 4.39. The minimum absolute atomic E-state index is 0.00687. The number of aryl methyl sites for hydroxylation is 1. The minimum Gasteiger partial charge on any atom is -0.317 e. The Morgan fingerprint density at radius 1 is 1.30 bits per heavy atom. The lowest BCUT2D eigenvalue weighted by Crippen LogP contribution is -2.42. The Hall–Kier alpha value is -1.50. The van der Waals surface area contributed by atoms with E-state index < -0.39 is 10.0 Å². The SMILES string of the molecule is Cc1cnc2c(S(=O)(=O)NCC3(C)CCNCC3)cccc2c1. The van der Waals surface area contributed by atoms with Crippen molar-refractivity contribution in [3.05, 3.63) is 36.0 Å². The Morgan fingerprint density at radius 3 is 2.78 bits per heavy atom. The number of fused-ring (bicyclic) bond motifs is 1. The Morgan fingerprint density at radius 2 is 2.04 bits per heavy atom. The number of sulfonamides is 1. The third-order valence-electron chi connectivity index (χ3n) is 4.60. The zero-order chi connectivity index (χ0) is 16.5. The Labute approximate surface area is 137 Å². The maximum absolute atomic E-state index is 12.7. The third kappa shape index (κ3) is 3.54. The smallest absolute Gasteiger partial charge is 0.242 e. The van der Waals surface area contributed by atoms with Gasteiger partial charge in [0, 0.05) is 18.1 Å². The first-order valence-corrected chi connectivity index (χ1v) is 9.44. The molecule has 0 spiro atoms.